The normalized spacial score (nSPS) is 34.3. The zero-order chi connectivity index (χ0) is 41.6. The van der Waals surface area contributed by atoms with Crippen molar-refractivity contribution in [2.45, 2.75) is 148 Å². The van der Waals surface area contributed by atoms with Crippen molar-refractivity contribution in [3.8, 4) is 0 Å². The van der Waals surface area contributed by atoms with E-state index in [1.165, 1.54) is 30.9 Å². The fourth-order valence-electron chi connectivity index (χ4n) is 12.9. The van der Waals surface area contributed by atoms with E-state index in [9.17, 15) is 24.3 Å². The fraction of sp³-hybridized carbons (Fsp3) is 0.608. The molecule has 2 aromatic carbocycles. The number of rotatable bonds is 13. The van der Waals surface area contributed by atoms with E-state index in [1.54, 1.807) is 29.8 Å². The minimum atomic E-state index is -0.720. The first-order valence-electron chi connectivity index (χ1n) is 22.8. The van der Waals surface area contributed by atoms with Gasteiger partial charge in [-0.05, 0) is 125 Å². The predicted octanol–water partition coefficient (Wildman–Crippen LogP) is 8.39. The predicted molar refractivity (Wildman–Crippen MR) is 230 cm³/mol. The lowest BCUT2D eigenvalue weighted by atomic mass is 9.56. The van der Waals surface area contributed by atoms with Crippen LogP contribution < -0.4 is 5.32 Å². The highest BCUT2D eigenvalue weighted by molar-refractivity contribution is 6.09. The van der Waals surface area contributed by atoms with Crippen LogP contribution in [0.1, 0.15) is 133 Å². The van der Waals surface area contributed by atoms with Gasteiger partial charge in [0.05, 0.1) is 23.9 Å². The minimum Gasteiger partial charge on any atom is -0.393 e. The maximum absolute atomic E-state index is 14.0. The molecule has 6 aliphatic rings. The Morgan fingerprint density at radius 3 is 2.44 bits per heavy atom. The Morgan fingerprint density at radius 1 is 0.949 bits per heavy atom. The van der Waals surface area contributed by atoms with E-state index in [4.69, 9.17) is 4.74 Å². The zero-order valence-corrected chi connectivity index (χ0v) is 36.0. The van der Waals surface area contributed by atoms with Gasteiger partial charge >= 0.3 is 0 Å². The molecule has 4 fully saturated rings. The summed E-state index contributed by atoms with van der Waals surface area (Å²) in [5.74, 6) is 2.38. The molecular formula is C51H66N2O6. The van der Waals surface area contributed by atoms with E-state index in [1.807, 2.05) is 30.3 Å². The molecule has 2 heterocycles. The standard InChI is InChI=1S/C51H66N2O6/c1-31-26-46-48(34(4)51(59-46)24-22-40-41-19-18-38-28-39(55)21-23-50(38,5)43(41)29-42(40)33(51)3)53(30-31)25-9-12-45(56)44(52-47(57)20-13-32(2)54)27-35-14-16-37(17-15-35)49(58)36-10-7-6-8-11-36/h6-8,10-11,14-18,31,34,39-41,43-44,46,48,55H,9,12-13,19-30H2,1-5H3,(H,52,57)/t31-,34+,39-,40-,41-,43?,44-,46+,48-,50-,51-/m0/s1. The van der Waals surface area contributed by atoms with Crippen molar-refractivity contribution in [2.75, 3.05) is 13.1 Å². The molecule has 8 heteroatoms. The van der Waals surface area contributed by atoms with E-state index < -0.39 is 6.04 Å². The van der Waals surface area contributed by atoms with Crippen molar-refractivity contribution in [1.29, 1.82) is 0 Å². The van der Waals surface area contributed by atoms with Gasteiger partial charge in [0, 0.05) is 48.9 Å². The molecule has 2 aliphatic heterocycles. The highest BCUT2D eigenvalue weighted by Gasteiger charge is 2.61. The number of amides is 1. The largest absolute Gasteiger partial charge is 0.393 e. The number of aliphatic hydroxyl groups is 1. The number of hydrogen-bond donors (Lipinski definition) is 2. The molecule has 11 atom stereocenters. The van der Waals surface area contributed by atoms with Gasteiger partial charge in [-0.15, -0.1) is 0 Å². The van der Waals surface area contributed by atoms with Gasteiger partial charge in [-0.3, -0.25) is 19.3 Å². The van der Waals surface area contributed by atoms with Gasteiger partial charge < -0.3 is 20.0 Å². The van der Waals surface area contributed by atoms with Crippen LogP contribution in [0.5, 0.6) is 0 Å². The average Bonchev–Trinajstić information content (AvgIpc) is 3.75. The molecule has 0 radical (unpaired) electrons. The molecule has 1 amide bonds. The summed E-state index contributed by atoms with van der Waals surface area (Å²) in [6.45, 7) is 12.9. The van der Waals surface area contributed by atoms with Crippen molar-refractivity contribution < 1.29 is 29.0 Å². The number of benzene rings is 2. The summed E-state index contributed by atoms with van der Waals surface area (Å²) in [7, 11) is 0. The molecule has 2 N–H and O–H groups in total. The van der Waals surface area contributed by atoms with E-state index in [2.05, 4.69) is 44.0 Å². The lowest BCUT2D eigenvalue weighted by molar-refractivity contribution is -0.129. The van der Waals surface area contributed by atoms with E-state index in [-0.39, 0.29) is 59.3 Å². The van der Waals surface area contributed by atoms with Crippen LogP contribution in [-0.4, -0.2) is 76.2 Å². The van der Waals surface area contributed by atoms with Gasteiger partial charge in [-0.25, -0.2) is 0 Å². The second kappa shape index (κ2) is 17.0. The molecule has 4 aliphatic carbocycles. The molecule has 8 rings (SSSR count). The quantitative estimate of drug-likeness (QED) is 0.155. The van der Waals surface area contributed by atoms with Gasteiger partial charge in [0.25, 0.3) is 0 Å². The zero-order valence-electron chi connectivity index (χ0n) is 36.0. The fourth-order valence-corrected chi connectivity index (χ4v) is 12.9. The van der Waals surface area contributed by atoms with Gasteiger partial charge in [0.15, 0.2) is 11.6 Å². The van der Waals surface area contributed by atoms with Crippen LogP contribution in [0.15, 0.2) is 77.4 Å². The Hall–Kier alpha value is -3.72. The molecule has 0 aromatic heterocycles. The van der Waals surface area contributed by atoms with Crippen LogP contribution in [0, 0.1) is 35.0 Å². The van der Waals surface area contributed by atoms with Gasteiger partial charge in [0.2, 0.25) is 5.91 Å². The van der Waals surface area contributed by atoms with Crippen molar-refractivity contribution in [3.05, 3.63) is 94.1 Å². The molecule has 8 nitrogen and oxygen atoms in total. The van der Waals surface area contributed by atoms with Crippen LogP contribution in [-0.2, 0) is 25.5 Å². The van der Waals surface area contributed by atoms with Gasteiger partial charge in [-0.2, -0.15) is 0 Å². The van der Waals surface area contributed by atoms with Crippen molar-refractivity contribution in [1.82, 2.24) is 10.2 Å². The average molecular weight is 803 g/mol. The number of ketones is 3. The topological polar surface area (TPSA) is 113 Å². The maximum Gasteiger partial charge on any atom is 0.221 e. The van der Waals surface area contributed by atoms with Crippen molar-refractivity contribution >= 4 is 23.3 Å². The SMILES string of the molecule is CC(=O)CCC(=O)N[C@@H](Cc1ccc(C(=O)c2ccccc2)cc1)C(=O)CCCN1C[C@@H](C)C[C@H]2O[C@]3(CC[C@@H]4C(=C3C)CC3[C@H]4CC=C4C[C@@H](O)CC[C@@]43C)[C@H](C)[C@@H]21. The summed E-state index contributed by atoms with van der Waals surface area (Å²) in [5.41, 5.74) is 6.70. The van der Waals surface area contributed by atoms with Crippen molar-refractivity contribution in [2.24, 2.45) is 35.0 Å². The van der Waals surface area contributed by atoms with Gasteiger partial charge in [0.1, 0.15) is 5.78 Å². The Labute approximate surface area is 351 Å². The number of likely N-dealkylation sites (tertiary alicyclic amines) is 1. The van der Waals surface area contributed by atoms with E-state index in [0.717, 1.165) is 57.2 Å². The molecule has 316 valence electrons. The summed E-state index contributed by atoms with van der Waals surface area (Å²) in [4.78, 5) is 54.3. The van der Waals surface area contributed by atoms with Crippen LogP contribution in [0.3, 0.4) is 0 Å². The molecule has 1 unspecified atom stereocenters. The molecule has 59 heavy (non-hydrogen) atoms. The number of allylic oxidation sites excluding steroid dienone is 2. The lowest BCUT2D eigenvalue weighted by Crippen LogP contribution is -2.52. The summed E-state index contributed by atoms with van der Waals surface area (Å²) >= 11 is 0. The Kier molecular flexibility index (Phi) is 12.1. The summed E-state index contributed by atoms with van der Waals surface area (Å²) < 4.78 is 7.39. The Bertz CT molecular complexity index is 1990. The number of hydrogen-bond acceptors (Lipinski definition) is 7. The third kappa shape index (κ3) is 8.11. The number of ether oxygens (including phenoxy) is 1. The van der Waals surface area contributed by atoms with Gasteiger partial charge in [-0.1, -0.05) is 92.6 Å². The first kappa shape index (κ1) is 42.0. The second-order valence-electron chi connectivity index (χ2n) is 19.7. The number of nitrogens with zero attached hydrogens (tertiary/aromatic N) is 1. The first-order valence-corrected chi connectivity index (χ1v) is 22.8. The summed E-state index contributed by atoms with van der Waals surface area (Å²) in [6, 6.07) is 16.0. The third-order valence-electron chi connectivity index (χ3n) is 16.1. The highest BCUT2D eigenvalue weighted by atomic mass is 16.5. The Morgan fingerprint density at radius 2 is 1.69 bits per heavy atom. The number of fused-ring (bicyclic) bond motifs is 6. The smallest absolute Gasteiger partial charge is 0.221 e. The number of nitrogens with one attached hydrogen (secondary N) is 1. The van der Waals surface area contributed by atoms with Crippen LogP contribution in [0.25, 0.3) is 0 Å². The number of carbonyl (C=O) groups is 4. The number of Topliss-reactive ketones (excluding diaryl/α,β-unsaturated/α-hetero) is 2. The number of piperidine rings is 1. The maximum atomic E-state index is 14.0. The lowest BCUT2D eigenvalue weighted by Gasteiger charge is -2.49. The molecular weight excluding hydrogens is 737 g/mol. The van der Waals surface area contributed by atoms with Crippen molar-refractivity contribution in [3.63, 3.8) is 0 Å². The van der Waals surface area contributed by atoms with Crippen LogP contribution >= 0.6 is 0 Å². The third-order valence-corrected chi connectivity index (χ3v) is 16.1. The molecule has 2 saturated carbocycles. The molecule has 2 saturated heterocycles. The Balaban J connectivity index is 0.938. The number of carbonyl (C=O) groups excluding carboxylic acids is 4. The first-order chi connectivity index (χ1) is 28.3. The summed E-state index contributed by atoms with van der Waals surface area (Å²) in [6.07, 6.45) is 12.5. The summed E-state index contributed by atoms with van der Waals surface area (Å²) in [5, 5.41) is 13.5. The van der Waals surface area contributed by atoms with E-state index in [0.29, 0.717) is 66.0 Å². The molecule has 0 bridgehead atoms. The molecule has 1 spiro atoms. The van der Waals surface area contributed by atoms with E-state index >= 15 is 0 Å². The number of aliphatic hydroxyl groups excluding tert-OH is 1. The minimum absolute atomic E-state index is 0.0140. The van der Waals surface area contributed by atoms with Crippen LogP contribution in [0.2, 0.25) is 0 Å². The highest BCUT2D eigenvalue weighted by Crippen LogP contribution is 2.65. The monoisotopic (exact) mass is 802 g/mol. The second-order valence-corrected chi connectivity index (χ2v) is 19.7. The van der Waals surface area contributed by atoms with Crippen LogP contribution in [0.4, 0.5) is 0 Å². The molecule has 2 aromatic rings.